The predicted octanol–water partition coefficient (Wildman–Crippen LogP) is 3.16. The van der Waals surface area contributed by atoms with Crippen molar-refractivity contribution in [2.75, 3.05) is 26.2 Å². The van der Waals surface area contributed by atoms with Gasteiger partial charge in [0.2, 0.25) is 0 Å². The number of carbonyl (C=O) groups excluding carboxylic acids is 1. The van der Waals surface area contributed by atoms with Gasteiger partial charge in [-0.1, -0.05) is 13.8 Å². The summed E-state index contributed by atoms with van der Waals surface area (Å²) < 4.78 is 7.06. The number of carbonyl (C=O) groups is 1. The van der Waals surface area contributed by atoms with Gasteiger partial charge in [0.05, 0.1) is 12.0 Å². The fourth-order valence-electron chi connectivity index (χ4n) is 3.09. The fourth-order valence-corrected chi connectivity index (χ4v) is 3.42. The zero-order chi connectivity index (χ0) is 20.0. The molecule has 148 valence electrons. The molecule has 27 heavy (non-hydrogen) atoms. The molecule has 7 nitrogen and oxygen atoms in total. The normalized spacial score (nSPS) is 11.3. The van der Waals surface area contributed by atoms with E-state index in [4.69, 9.17) is 4.74 Å². The van der Waals surface area contributed by atoms with Crippen LogP contribution in [0.4, 0.5) is 0 Å². The number of esters is 1. The number of hydrogen-bond donors (Lipinski definition) is 1. The van der Waals surface area contributed by atoms with E-state index in [0.717, 1.165) is 25.9 Å². The van der Waals surface area contributed by atoms with Crippen molar-refractivity contribution in [1.29, 1.82) is 0 Å². The number of pyridine rings is 2. The fraction of sp³-hybridized carbons (Fsp3) is 0.526. The molecule has 0 atom stereocenters. The minimum absolute atomic E-state index is 0.118. The molecule has 0 aromatic carbocycles. The first-order valence-corrected chi connectivity index (χ1v) is 10.0. The SMILES string of the molecule is CCCN(CCC)CCn1c(=O)c(C(=O)OCC)c(O)c2cc(Br)cnc21. The van der Waals surface area contributed by atoms with Gasteiger partial charge in [0.15, 0.2) is 5.56 Å². The second-order valence-electron chi connectivity index (χ2n) is 6.27. The summed E-state index contributed by atoms with van der Waals surface area (Å²) in [6, 6.07) is 1.65. The Bertz CT molecular complexity index is 860. The molecule has 0 bridgehead atoms. The summed E-state index contributed by atoms with van der Waals surface area (Å²) in [6.07, 6.45) is 3.60. The van der Waals surface area contributed by atoms with Gasteiger partial charge in [-0.25, -0.2) is 9.78 Å². The summed E-state index contributed by atoms with van der Waals surface area (Å²) in [5, 5.41) is 10.9. The summed E-state index contributed by atoms with van der Waals surface area (Å²) >= 11 is 3.32. The van der Waals surface area contributed by atoms with Crippen LogP contribution in [0.15, 0.2) is 21.5 Å². The molecule has 8 heteroatoms. The van der Waals surface area contributed by atoms with Gasteiger partial charge < -0.3 is 14.7 Å². The van der Waals surface area contributed by atoms with E-state index >= 15 is 0 Å². The molecule has 2 aromatic heterocycles. The zero-order valence-electron chi connectivity index (χ0n) is 16.0. The molecule has 0 aliphatic carbocycles. The third kappa shape index (κ3) is 4.87. The second-order valence-corrected chi connectivity index (χ2v) is 7.18. The predicted molar refractivity (Wildman–Crippen MR) is 108 cm³/mol. The van der Waals surface area contributed by atoms with Crippen molar-refractivity contribution in [3.8, 4) is 5.75 Å². The number of halogens is 1. The molecule has 0 fully saturated rings. The minimum Gasteiger partial charge on any atom is -0.506 e. The first kappa shape index (κ1) is 21.4. The lowest BCUT2D eigenvalue weighted by atomic mass is 10.1. The Morgan fingerprint density at radius 2 is 1.93 bits per heavy atom. The number of aromatic hydroxyl groups is 1. The molecule has 0 spiro atoms. The van der Waals surface area contributed by atoms with Crippen molar-refractivity contribution in [3.05, 3.63) is 32.7 Å². The van der Waals surface area contributed by atoms with Crippen LogP contribution in [0, 0.1) is 0 Å². The molecule has 0 aliphatic heterocycles. The van der Waals surface area contributed by atoms with Gasteiger partial charge in [-0.05, 0) is 54.9 Å². The maximum Gasteiger partial charge on any atom is 0.347 e. The lowest BCUT2D eigenvalue weighted by Crippen LogP contribution is -2.34. The van der Waals surface area contributed by atoms with Gasteiger partial charge in [0.25, 0.3) is 5.56 Å². The van der Waals surface area contributed by atoms with E-state index in [-0.39, 0.29) is 12.2 Å². The summed E-state index contributed by atoms with van der Waals surface area (Å²) in [7, 11) is 0. The molecule has 0 unspecified atom stereocenters. The Labute approximate surface area is 167 Å². The lowest BCUT2D eigenvalue weighted by Gasteiger charge is -2.22. The molecule has 2 rings (SSSR count). The maximum absolute atomic E-state index is 13.0. The Balaban J connectivity index is 2.56. The summed E-state index contributed by atoms with van der Waals surface area (Å²) in [6.45, 7) is 8.89. The Kier molecular flexibility index (Phi) is 7.79. The van der Waals surface area contributed by atoms with E-state index in [1.165, 1.54) is 4.57 Å². The Morgan fingerprint density at radius 3 is 2.52 bits per heavy atom. The third-order valence-electron chi connectivity index (χ3n) is 4.24. The molecule has 0 aliphatic rings. The standard InChI is InChI=1S/C19H26BrN3O4/c1-4-7-22(8-5-2)9-10-23-17-14(11-13(20)12-21-17)16(24)15(18(23)25)19(26)27-6-3/h11-12,24H,4-10H2,1-3H3. The second kappa shape index (κ2) is 9.85. The van der Waals surface area contributed by atoms with Gasteiger partial charge in [-0.2, -0.15) is 0 Å². The van der Waals surface area contributed by atoms with Crippen molar-refractivity contribution < 1.29 is 14.6 Å². The molecule has 2 aromatic rings. The van der Waals surface area contributed by atoms with Crippen LogP contribution in [0.2, 0.25) is 0 Å². The van der Waals surface area contributed by atoms with Crippen LogP contribution >= 0.6 is 15.9 Å². The largest absolute Gasteiger partial charge is 0.506 e. The van der Waals surface area contributed by atoms with Crippen LogP contribution < -0.4 is 5.56 Å². The molecule has 0 amide bonds. The van der Waals surface area contributed by atoms with Gasteiger partial charge in [0.1, 0.15) is 11.4 Å². The van der Waals surface area contributed by atoms with Gasteiger partial charge in [-0.15, -0.1) is 0 Å². The molecular weight excluding hydrogens is 414 g/mol. The minimum atomic E-state index is -0.824. The molecule has 0 saturated carbocycles. The van der Waals surface area contributed by atoms with Gasteiger partial charge in [-0.3, -0.25) is 9.36 Å². The quantitative estimate of drug-likeness (QED) is 0.603. The summed E-state index contributed by atoms with van der Waals surface area (Å²) in [5.74, 6) is -1.22. The topological polar surface area (TPSA) is 84.7 Å². The van der Waals surface area contributed by atoms with E-state index in [2.05, 4.69) is 39.7 Å². The van der Waals surface area contributed by atoms with Crippen LogP contribution in [-0.4, -0.2) is 51.8 Å². The van der Waals surface area contributed by atoms with Crippen LogP contribution in [-0.2, 0) is 11.3 Å². The smallest absolute Gasteiger partial charge is 0.347 e. The van der Waals surface area contributed by atoms with Crippen molar-refractivity contribution in [2.24, 2.45) is 0 Å². The van der Waals surface area contributed by atoms with E-state index in [1.54, 1.807) is 19.2 Å². The molecular formula is C19H26BrN3O4. The van der Waals surface area contributed by atoms with Crippen LogP contribution in [0.25, 0.3) is 11.0 Å². The summed E-state index contributed by atoms with van der Waals surface area (Å²) in [5.41, 5.74) is -0.579. The monoisotopic (exact) mass is 439 g/mol. The van der Waals surface area contributed by atoms with Crippen LogP contribution in [0.5, 0.6) is 5.75 Å². The van der Waals surface area contributed by atoms with Crippen molar-refractivity contribution in [2.45, 2.75) is 40.2 Å². The summed E-state index contributed by atoms with van der Waals surface area (Å²) in [4.78, 5) is 31.8. The highest BCUT2D eigenvalue weighted by molar-refractivity contribution is 9.10. The highest BCUT2D eigenvalue weighted by atomic mass is 79.9. The number of aromatic nitrogens is 2. The number of rotatable bonds is 9. The average Bonchev–Trinajstić information content (AvgIpc) is 2.62. The molecule has 1 N–H and O–H groups in total. The Hall–Kier alpha value is -1.93. The number of nitrogens with zero attached hydrogens (tertiary/aromatic N) is 3. The van der Waals surface area contributed by atoms with Crippen molar-refractivity contribution in [1.82, 2.24) is 14.5 Å². The average molecular weight is 440 g/mol. The molecule has 0 radical (unpaired) electrons. The number of ether oxygens (including phenoxy) is 1. The van der Waals surface area contributed by atoms with Crippen LogP contribution in [0.1, 0.15) is 44.0 Å². The highest BCUT2D eigenvalue weighted by Gasteiger charge is 2.24. The van der Waals surface area contributed by atoms with Crippen LogP contribution in [0.3, 0.4) is 0 Å². The van der Waals surface area contributed by atoms with E-state index < -0.39 is 17.3 Å². The van der Waals surface area contributed by atoms with E-state index in [0.29, 0.717) is 28.6 Å². The zero-order valence-corrected chi connectivity index (χ0v) is 17.6. The first-order chi connectivity index (χ1) is 12.9. The van der Waals surface area contributed by atoms with E-state index in [9.17, 15) is 14.7 Å². The number of fused-ring (bicyclic) bond motifs is 1. The maximum atomic E-state index is 13.0. The third-order valence-corrected chi connectivity index (χ3v) is 4.67. The Morgan fingerprint density at radius 1 is 1.26 bits per heavy atom. The van der Waals surface area contributed by atoms with E-state index in [1.807, 2.05) is 0 Å². The lowest BCUT2D eigenvalue weighted by molar-refractivity contribution is 0.0520. The van der Waals surface area contributed by atoms with Gasteiger partial charge in [0, 0.05) is 23.8 Å². The van der Waals surface area contributed by atoms with Crippen molar-refractivity contribution >= 4 is 32.9 Å². The van der Waals surface area contributed by atoms with Gasteiger partial charge >= 0.3 is 5.97 Å². The molecule has 0 saturated heterocycles. The number of hydrogen-bond acceptors (Lipinski definition) is 6. The highest BCUT2D eigenvalue weighted by Crippen LogP contribution is 2.28. The first-order valence-electron chi connectivity index (χ1n) is 9.24. The molecule has 2 heterocycles. The van der Waals surface area contributed by atoms with Crippen molar-refractivity contribution in [3.63, 3.8) is 0 Å².